The Kier molecular flexibility index (Phi) is 4.13. The van der Waals surface area contributed by atoms with E-state index in [1.54, 1.807) is 24.3 Å². The highest BCUT2D eigenvalue weighted by atomic mass is 32.2. The van der Waals surface area contributed by atoms with E-state index in [1.807, 2.05) is 13.8 Å². The summed E-state index contributed by atoms with van der Waals surface area (Å²) in [5, 5.41) is 3.23. The molecule has 2 rings (SSSR count). The molecule has 1 saturated heterocycles. The molecule has 1 unspecified atom stereocenters. The summed E-state index contributed by atoms with van der Waals surface area (Å²) in [6, 6.07) is 7.15. The Morgan fingerprint density at radius 1 is 1.32 bits per heavy atom. The number of hydrogen-bond acceptors (Lipinski definition) is 4. The van der Waals surface area contributed by atoms with E-state index in [2.05, 4.69) is 5.32 Å². The molecule has 1 aliphatic heterocycles. The molecule has 106 valence electrons. The first kappa shape index (κ1) is 14.3. The van der Waals surface area contributed by atoms with Gasteiger partial charge in [0.15, 0.2) is 0 Å². The van der Waals surface area contributed by atoms with Crippen LogP contribution in [0.3, 0.4) is 0 Å². The maximum absolute atomic E-state index is 12.4. The van der Waals surface area contributed by atoms with E-state index in [-0.39, 0.29) is 6.04 Å². The van der Waals surface area contributed by atoms with Crippen LogP contribution in [0.15, 0.2) is 29.2 Å². The maximum atomic E-state index is 12.4. The van der Waals surface area contributed by atoms with Crippen molar-refractivity contribution >= 4 is 15.7 Å². The molecule has 3 N–H and O–H groups in total. The number of nitrogens with two attached hydrogens (primary N) is 1. The minimum atomic E-state index is -3.39. The van der Waals surface area contributed by atoms with Gasteiger partial charge in [-0.1, -0.05) is 0 Å². The van der Waals surface area contributed by atoms with Crippen LogP contribution in [0.25, 0.3) is 0 Å². The van der Waals surface area contributed by atoms with E-state index < -0.39 is 10.0 Å². The van der Waals surface area contributed by atoms with E-state index in [1.165, 1.54) is 4.31 Å². The van der Waals surface area contributed by atoms with Crippen molar-refractivity contribution in [3.63, 3.8) is 0 Å². The Hall–Kier alpha value is -1.11. The van der Waals surface area contributed by atoms with Gasteiger partial charge in [0, 0.05) is 30.9 Å². The van der Waals surface area contributed by atoms with Gasteiger partial charge in [-0.25, -0.2) is 8.42 Å². The van der Waals surface area contributed by atoms with E-state index in [0.29, 0.717) is 24.0 Å². The fourth-order valence-corrected chi connectivity index (χ4v) is 3.69. The minimum Gasteiger partial charge on any atom is -0.383 e. The van der Waals surface area contributed by atoms with Crippen molar-refractivity contribution in [3.8, 4) is 0 Å². The standard InChI is InChI=1S/C13H21N3O2S/c1-10(2)15-12-3-5-13(6-4-12)19(17,18)16-8-7-11(14)9-16/h3-6,10-11,15H,7-9,14H2,1-2H3. The van der Waals surface area contributed by atoms with E-state index in [4.69, 9.17) is 5.73 Å². The summed E-state index contributed by atoms with van der Waals surface area (Å²) in [4.78, 5) is 0.330. The third kappa shape index (κ3) is 3.26. The van der Waals surface area contributed by atoms with Gasteiger partial charge in [0.1, 0.15) is 0 Å². The zero-order valence-corrected chi connectivity index (χ0v) is 12.2. The molecule has 6 heteroatoms. The second-order valence-corrected chi connectivity index (χ2v) is 7.17. The summed E-state index contributed by atoms with van der Waals surface area (Å²) < 4.78 is 26.2. The third-order valence-electron chi connectivity index (χ3n) is 3.13. The first-order valence-corrected chi connectivity index (χ1v) is 7.96. The summed E-state index contributed by atoms with van der Waals surface area (Å²) in [5.74, 6) is 0. The first-order chi connectivity index (χ1) is 8.89. The summed E-state index contributed by atoms with van der Waals surface area (Å²) in [5.41, 5.74) is 6.69. The molecule has 0 aromatic heterocycles. The SMILES string of the molecule is CC(C)Nc1ccc(S(=O)(=O)N2CCC(N)C2)cc1. The average molecular weight is 283 g/mol. The van der Waals surface area contributed by atoms with Crippen molar-refractivity contribution in [2.75, 3.05) is 18.4 Å². The normalized spacial score (nSPS) is 20.9. The smallest absolute Gasteiger partial charge is 0.243 e. The minimum absolute atomic E-state index is 0.0448. The highest BCUT2D eigenvalue weighted by molar-refractivity contribution is 7.89. The number of rotatable bonds is 4. The van der Waals surface area contributed by atoms with Gasteiger partial charge in [0.05, 0.1) is 4.90 Å². The molecular weight excluding hydrogens is 262 g/mol. The van der Waals surface area contributed by atoms with Crippen LogP contribution >= 0.6 is 0 Å². The van der Waals surface area contributed by atoms with Crippen LogP contribution < -0.4 is 11.1 Å². The molecule has 0 spiro atoms. The van der Waals surface area contributed by atoms with Gasteiger partial charge < -0.3 is 11.1 Å². The molecular formula is C13H21N3O2S. The Bertz CT molecular complexity index is 525. The summed E-state index contributed by atoms with van der Waals surface area (Å²) in [6.07, 6.45) is 0.728. The van der Waals surface area contributed by atoms with Crippen LogP contribution in [0, 0.1) is 0 Å². The van der Waals surface area contributed by atoms with Crippen LogP contribution in [0.2, 0.25) is 0 Å². The molecule has 5 nitrogen and oxygen atoms in total. The third-order valence-corrected chi connectivity index (χ3v) is 5.01. The van der Waals surface area contributed by atoms with Gasteiger partial charge in [-0.05, 0) is 44.5 Å². The van der Waals surface area contributed by atoms with Crippen molar-refractivity contribution in [1.82, 2.24) is 4.31 Å². The molecule has 1 aromatic rings. The number of anilines is 1. The number of nitrogens with one attached hydrogen (secondary N) is 1. The van der Waals surface area contributed by atoms with Crippen molar-refractivity contribution in [1.29, 1.82) is 0 Å². The topological polar surface area (TPSA) is 75.4 Å². The lowest BCUT2D eigenvalue weighted by Crippen LogP contribution is -2.31. The molecule has 1 atom stereocenters. The molecule has 1 heterocycles. The van der Waals surface area contributed by atoms with Crippen LogP contribution in [-0.4, -0.2) is 37.9 Å². The predicted molar refractivity (Wildman–Crippen MR) is 76.6 cm³/mol. The van der Waals surface area contributed by atoms with Gasteiger partial charge in [-0.15, -0.1) is 0 Å². The van der Waals surface area contributed by atoms with Crippen molar-refractivity contribution < 1.29 is 8.42 Å². The van der Waals surface area contributed by atoms with Gasteiger partial charge in [0.25, 0.3) is 0 Å². The largest absolute Gasteiger partial charge is 0.383 e. The molecule has 0 bridgehead atoms. The highest BCUT2D eigenvalue weighted by Gasteiger charge is 2.30. The van der Waals surface area contributed by atoms with Gasteiger partial charge in [0.2, 0.25) is 10.0 Å². The molecule has 0 aliphatic carbocycles. The number of nitrogens with zero attached hydrogens (tertiary/aromatic N) is 1. The molecule has 1 aliphatic rings. The maximum Gasteiger partial charge on any atom is 0.243 e. The van der Waals surface area contributed by atoms with Crippen LogP contribution in [-0.2, 0) is 10.0 Å². The van der Waals surface area contributed by atoms with E-state index >= 15 is 0 Å². The Balaban J connectivity index is 2.17. The Morgan fingerprint density at radius 2 is 1.95 bits per heavy atom. The lowest BCUT2D eigenvalue weighted by atomic mass is 10.3. The second kappa shape index (κ2) is 5.48. The van der Waals surface area contributed by atoms with Gasteiger partial charge in [-0.2, -0.15) is 4.31 Å². The Morgan fingerprint density at radius 3 is 2.42 bits per heavy atom. The fourth-order valence-electron chi connectivity index (χ4n) is 2.18. The van der Waals surface area contributed by atoms with Crippen LogP contribution in [0.4, 0.5) is 5.69 Å². The molecule has 19 heavy (non-hydrogen) atoms. The summed E-state index contributed by atoms with van der Waals surface area (Å²) in [6.45, 7) is 5.00. The fraction of sp³-hybridized carbons (Fsp3) is 0.538. The lowest BCUT2D eigenvalue weighted by Gasteiger charge is -2.16. The van der Waals surface area contributed by atoms with Crippen molar-refractivity contribution in [2.45, 2.75) is 37.2 Å². The number of benzene rings is 1. The molecule has 1 aromatic carbocycles. The Labute approximate surface area is 114 Å². The summed E-state index contributed by atoms with van der Waals surface area (Å²) in [7, 11) is -3.39. The highest BCUT2D eigenvalue weighted by Crippen LogP contribution is 2.22. The molecule has 1 fully saturated rings. The van der Waals surface area contributed by atoms with Gasteiger partial charge >= 0.3 is 0 Å². The molecule has 0 amide bonds. The second-order valence-electron chi connectivity index (χ2n) is 5.24. The predicted octanol–water partition coefficient (Wildman–Crippen LogP) is 1.23. The zero-order chi connectivity index (χ0) is 14.0. The monoisotopic (exact) mass is 283 g/mol. The lowest BCUT2D eigenvalue weighted by molar-refractivity contribution is 0.472. The van der Waals surface area contributed by atoms with E-state index in [9.17, 15) is 8.42 Å². The van der Waals surface area contributed by atoms with Crippen LogP contribution in [0.1, 0.15) is 20.3 Å². The van der Waals surface area contributed by atoms with Crippen LogP contribution in [0.5, 0.6) is 0 Å². The molecule has 0 radical (unpaired) electrons. The quantitative estimate of drug-likeness (QED) is 0.871. The first-order valence-electron chi connectivity index (χ1n) is 6.52. The molecule has 0 saturated carbocycles. The van der Waals surface area contributed by atoms with Gasteiger partial charge in [-0.3, -0.25) is 0 Å². The summed E-state index contributed by atoms with van der Waals surface area (Å²) >= 11 is 0. The number of hydrogen-bond donors (Lipinski definition) is 2. The average Bonchev–Trinajstić information content (AvgIpc) is 2.76. The number of sulfonamides is 1. The van der Waals surface area contributed by atoms with Crippen molar-refractivity contribution in [2.24, 2.45) is 5.73 Å². The zero-order valence-electron chi connectivity index (χ0n) is 11.3. The van der Waals surface area contributed by atoms with Crippen molar-refractivity contribution in [3.05, 3.63) is 24.3 Å². The van der Waals surface area contributed by atoms with E-state index in [0.717, 1.165) is 12.1 Å².